The molecule has 1 saturated heterocycles. The zero-order chi connectivity index (χ0) is 13.4. The summed E-state index contributed by atoms with van der Waals surface area (Å²) in [5.41, 5.74) is 2.00. The molecule has 1 aromatic carbocycles. The van der Waals surface area contributed by atoms with Gasteiger partial charge in [0.25, 0.3) is 0 Å². The predicted molar refractivity (Wildman–Crippen MR) is 80.1 cm³/mol. The van der Waals surface area contributed by atoms with Crippen LogP contribution in [-0.2, 0) is 4.74 Å². The molecule has 4 heteroatoms. The summed E-state index contributed by atoms with van der Waals surface area (Å²) in [7, 11) is 0. The van der Waals surface area contributed by atoms with E-state index < -0.39 is 0 Å². The largest absolute Gasteiger partial charge is 0.378 e. The molecule has 0 unspecified atom stereocenters. The van der Waals surface area contributed by atoms with Gasteiger partial charge >= 0.3 is 0 Å². The second-order valence-corrected chi connectivity index (χ2v) is 4.95. The molecule has 1 aliphatic rings. The van der Waals surface area contributed by atoms with Gasteiger partial charge in [-0.15, -0.1) is 0 Å². The van der Waals surface area contributed by atoms with E-state index in [2.05, 4.69) is 28.1 Å². The molecule has 20 heavy (non-hydrogen) atoms. The first-order valence-electron chi connectivity index (χ1n) is 6.90. The van der Waals surface area contributed by atoms with E-state index in [9.17, 15) is 0 Å². The Morgan fingerprint density at radius 1 is 0.950 bits per heavy atom. The van der Waals surface area contributed by atoms with Crippen molar-refractivity contribution in [3.05, 3.63) is 42.6 Å². The second kappa shape index (κ2) is 4.72. The van der Waals surface area contributed by atoms with Gasteiger partial charge in [-0.1, -0.05) is 24.3 Å². The lowest BCUT2D eigenvalue weighted by Gasteiger charge is -2.28. The Kier molecular flexibility index (Phi) is 2.74. The summed E-state index contributed by atoms with van der Waals surface area (Å²) < 4.78 is 5.43. The van der Waals surface area contributed by atoms with Gasteiger partial charge in [0.2, 0.25) is 0 Å². The number of hydrogen-bond donors (Lipinski definition) is 0. The molecule has 4 rings (SSSR count). The molecule has 0 spiro atoms. The van der Waals surface area contributed by atoms with E-state index in [1.807, 2.05) is 24.4 Å². The SMILES string of the molecule is c1ccc2c(c1)nc(N1CCOCC1)c1ncccc12. The van der Waals surface area contributed by atoms with E-state index in [1.54, 1.807) is 0 Å². The number of pyridine rings is 2. The maximum Gasteiger partial charge on any atom is 0.156 e. The molecule has 0 atom stereocenters. The molecule has 2 aromatic heterocycles. The van der Waals surface area contributed by atoms with E-state index >= 15 is 0 Å². The van der Waals surface area contributed by atoms with E-state index in [0.29, 0.717) is 0 Å². The van der Waals surface area contributed by atoms with Gasteiger partial charge in [0.05, 0.1) is 18.7 Å². The first-order chi connectivity index (χ1) is 9.93. The van der Waals surface area contributed by atoms with E-state index in [1.165, 1.54) is 5.39 Å². The number of ether oxygens (including phenoxy) is 1. The molecule has 100 valence electrons. The standard InChI is InChI=1S/C16H15N3O/c1-2-6-14-12(4-1)13-5-3-7-17-15(13)16(18-14)19-8-10-20-11-9-19/h1-7H,8-11H2. The van der Waals surface area contributed by atoms with Gasteiger partial charge in [-0.05, 0) is 12.1 Å². The summed E-state index contributed by atoms with van der Waals surface area (Å²) in [4.78, 5) is 11.7. The Hall–Kier alpha value is -2.20. The molecule has 0 aliphatic carbocycles. The van der Waals surface area contributed by atoms with E-state index in [-0.39, 0.29) is 0 Å². The van der Waals surface area contributed by atoms with Crippen LogP contribution >= 0.6 is 0 Å². The zero-order valence-electron chi connectivity index (χ0n) is 11.1. The van der Waals surface area contributed by atoms with Gasteiger partial charge in [-0.2, -0.15) is 0 Å². The van der Waals surface area contributed by atoms with Crippen LogP contribution in [0.4, 0.5) is 5.82 Å². The lowest BCUT2D eigenvalue weighted by Crippen LogP contribution is -2.37. The maximum absolute atomic E-state index is 5.43. The van der Waals surface area contributed by atoms with Crippen LogP contribution in [0.25, 0.3) is 21.8 Å². The van der Waals surface area contributed by atoms with Crippen LogP contribution in [0, 0.1) is 0 Å². The summed E-state index contributed by atoms with van der Waals surface area (Å²) in [6.07, 6.45) is 1.84. The minimum atomic E-state index is 0.753. The number of rotatable bonds is 1. The van der Waals surface area contributed by atoms with Crippen molar-refractivity contribution in [2.75, 3.05) is 31.2 Å². The monoisotopic (exact) mass is 265 g/mol. The fraction of sp³-hybridized carbons (Fsp3) is 0.250. The summed E-state index contributed by atoms with van der Waals surface area (Å²) in [5, 5.41) is 2.33. The number of benzene rings is 1. The maximum atomic E-state index is 5.43. The minimum absolute atomic E-state index is 0.753. The van der Waals surface area contributed by atoms with Gasteiger partial charge in [0.1, 0.15) is 5.52 Å². The molecule has 0 bridgehead atoms. The summed E-state index contributed by atoms with van der Waals surface area (Å²) >= 11 is 0. The quantitative estimate of drug-likeness (QED) is 0.634. The van der Waals surface area contributed by atoms with Gasteiger partial charge in [-0.3, -0.25) is 4.98 Å². The summed E-state index contributed by atoms with van der Waals surface area (Å²) in [6, 6.07) is 12.3. The third kappa shape index (κ3) is 1.80. The average Bonchev–Trinajstić information content (AvgIpc) is 2.55. The van der Waals surface area contributed by atoms with Gasteiger partial charge in [0, 0.05) is 30.1 Å². The number of nitrogens with zero attached hydrogens (tertiary/aromatic N) is 3. The Bertz CT molecular complexity index is 766. The second-order valence-electron chi connectivity index (χ2n) is 4.95. The van der Waals surface area contributed by atoms with Crippen molar-refractivity contribution in [2.24, 2.45) is 0 Å². The first kappa shape index (κ1) is 11.6. The Morgan fingerprint density at radius 3 is 2.65 bits per heavy atom. The third-order valence-electron chi connectivity index (χ3n) is 3.75. The van der Waals surface area contributed by atoms with Crippen molar-refractivity contribution in [1.82, 2.24) is 9.97 Å². The van der Waals surface area contributed by atoms with Crippen LogP contribution in [0.15, 0.2) is 42.6 Å². The molecule has 0 saturated carbocycles. The molecule has 0 amide bonds. The number of fused-ring (bicyclic) bond motifs is 3. The lowest BCUT2D eigenvalue weighted by molar-refractivity contribution is 0.122. The van der Waals surface area contributed by atoms with Crippen molar-refractivity contribution in [3.63, 3.8) is 0 Å². The van der Waals surface area contributed by atoms with Crippen molar-refractivity contribution >= 4 is 27.6 Å². The van der Waals surface area contributed by atoms with Crippen LogP contribution in [0.3, 0.4) is 0 Å². The van der Waals surface area contributed by atoms with Crippen LogP contribution < -0.4 is 4.90 Å². The fourth-order valence-corrected chi connectivity index (χ4v) is 2.76. The van der Waals surface area contributed by atoms with Crippen molar-refractivity contribution in [2.45, 2.75) is 0 Å². The first-order valence-corrected chi connectivity index (χ1v) is 6.90. The Morgan fingerprint density at radius 2 is 1.75 bits per heavy atom. The van der Waals surface area contributed by atoms with E-state index in [4.69, 9.17) is 9.72 Å². The molecule has 1 aliphatic heterocycles. The summed E-state index contributed by atoms with van der Waals surface area (Å²) in [5.74, 6) is 0.975. The number of aromatic nitrogens is 2. The van der Waals surface area contributed by atoms with Crippen LogP contribution in [0.5, 0.6) is 0 Å². The smallest absolute Gasteiger partial charge is 0.156 e. The predicted octanol–water partition coefficient (Wildman–Crippen LogP) is 2.62. The van der Waals surface area contributed by atoms with Crippen LogP contribution in [-0.4, -0.2) is 36.3 Å². The highest BCUT2D eigenvalue weighted by Gasteiger charge is 2.17. The van der Waals surface area contributed by atoms with E-state index in [0.717, 1.165) is 48.5 Å². The normalized spacial score (nSPS) is 15.9. The van der Waals surface area contributed by atoms with Crippen LogP contribution in [0.2, 0.25) is 0 Å². The van der Waals surface area contributed by atoms with Gasteiger partial charge in [0.15, 0.2) is 5.82 Å². The van der Waals surface area contributed by atoms with Gasteiger partial charge in [-0.25, -0.2) is 4.98 Å². The third-order valence-corrected chi connectivity index (χ3v) is 3.75. The highest BCUT2D eigenvalue weighted by atomic mass is 16.5. The highest BCUT2D eigenvalue weighted by molar-refractivity contribution is 6.08. The fourth-order valence-electron chi connectivity index (χ4n) is 2.76. The molecule has 1 fully saturated rings. The Balaban J connectivity index is 2.02. The molecular formula is C16H15N3O. The number of anilines is 1. The summed E-state index contributed by atoms with van der Waals surface area (Å²) in [6.45, 7) is 3.25. The Labute approximate surface area is 117 Å². The minimum Gasteiger partial charge on any atom is -0.378 e. The number of para-hydroxylation sites is 1. The molecular weight excluding hydrogens is 250 g/mol. The highest BCUT2D eigenvalue weighted by Crippen LogP contribution is 2.29. The number of morpholine rings is 1. The van der Waals surface area contributed by atoms with Crippen LogP contribution in [0.1, 0.15) is 0 Å². The van der Waals surface area contributed by atoms with Gasteiger partial charge < -0.3 is 9.64 Å². The molecule has 0 N–H and O–H groups in total. The molecule has 4 nitrogen and oxygen atoms in total. The lowest BCUT2D eigenvalue weighted by atomic mass is 10.1. The molecule has 3 aromatic rings. The van der Waals surface area contributed by atoms with Crippen molar-refractivity contribution < 1.29 is 4.74 Å². The molecule has 3 heterocycles. The topological polar surface area (TPSA) is 38.2 Å². The zero-order valence-corrected chi connectivity index (χ0v) is 11.1. The van der Waals surface area contributed by atoms with Crippen molar-refractivity contribution in [3.8, 4) is 0 Å². The van der Waals surface area contributed by atoms with Crippen molar-refractivity contribution in [1.29, 1.82) is 0 Å². The average molecular weight is 265 g/mol. The number of hydrogen-bond acceptors (Lipinski definition) is 4. The molecule has 0 radical (unpaired) electrons.